The van der Waals surface area contributed by atoms with Gasteiger partial charge in [0.1, 0.15) is 5.84 Å². The van der Waals surface area contributed by atoms with E-state index in [9.17, 15) is 9.59 Å². The molecule has 2 aromatic carbocycles. The molecule has 0 bridgehead atoms. The molecule has 144 valence electrons. The van der Waals surface area contributed by atoms with Gasteiger partial charge in [-0.05, 0) is 43.0 Å². The van der Waals surface area contributed by atoms with Crippen molar-refractivity contribution in [2.45, 2.75) is 18.2 Å². The van der Waals surface area contributed by atoms with Crippen LogP contribution in [-0.4, -0.2) is 26.8 Å². The van der Waals surface area contributed by atoms with Crippen molar-refractivity contribution in [3.05, 3.63) is 80.5 Å². The van der Waals surface area contributed by atoms with Crippen molar-refractivity contribution in [1.29, 1.82) is 5.41 Å². The zero-order valence-electron chi connectivity index (χ0n) is 15.4. The first-order valence-electron chi connectivity index (χ1n) is 8.51. The summed E-state index contributed by atoms with van der Waals surface area (Å²) in [4.78, 5) is 28.7. The topological polar surface area (TPSA) is 111 Å². The highest BCUT2D eigenvalue weighted by Crippen LogP contribution is 2.25. The van der Waals surface area contributed by atoms with Crippen molar-refractivity contribution in [2.24, 2.45) is 0 Å². The molecule has 0 radical (unpaired) electrons. The van der Waals surface area contributed by atoms with Crippen LogP contribution in [0, 0.1) is 12.3 Å². The van der Waals surface area contributed by atoms with E-state index in [0.717, 1.165) is 10.5 Å². The van der Waals surface area contributed by atoms with Gasteiger partial charge in [0.05, 0.1) is 11.4 Å². The molecule has 8 heteroatoms. The van der Waals surface area contributed by atoms with Crippen LogP contribution in [0.25, 0.3) is 16.9 Å². The van der Waals surface area contributed by atoms with Gasteiger partial charge in [-0.3, -0.25) is 30.4 Å². The molecule has 0 aliphatic carbocycles. The van der Waals surface area contributed by atoms with Gasteiger partial charge >= 0.3 is 5.69 Å². The van der Waals surface area contributed by atoms with Gasteiger partial charge in [0.25, 0.3) is 5.56 Å². The highest BCUT2D eigenvalue weighted by molar-refractivity contribution is 7.98. The average molecular weight is 396 g/mol. The maximum Gasteiger partial charge on any atom is 0.333 e. The van der Waals surface area contributed by atoms with Crippen LogP contribution < -0.4 is 16.7 Å². The van der Waals surface area contributed by atoms with E-state index in [2.05, 4.69) is 4.98 Å². The summed E-state index contributed by atoms with van der Waals surface area (Å²) in [6.45, 7) is 1.95. The van der Waals surface area contributed by atoms with Crippen LogP contribution in [0.1, 0.15) is 11.1 Å². The summed E-state index contributed by atoms with van der Waals surface area (Å²) >= 11 is 1.59. The second-order valence-corrected chi connectivity index (χ2v) is 7.13. The fourth-order valence-corrected chi connectivity index (χ4v) is 3.35. The molecule has 3 aromatic rings. The molecule has 1 aromatic heterocycles. The van der Waals surface area contributed by atoms with Crippen molar-refractivity contribution in [3.63, 3.8) is 0 Å². The highest BCUT2D eigenvalue weighted by atomic mass is 32.2. The minimum atomic E-state index is -0.586. The Morgan fingerprint density at radius 3 is 2.36 bits per heavy atom. The van der Waals surface area contributed by atoms with E-state index < -0.39 is 11.2 Å². The molecule has 0 spiro atoms. The molecular weight excluding hydrogens is 376 g/mol. The summed E-state index contributed by atoms with van der Waals surface area (Å²) in [5, 5.41) is 16.8. The molecule has 0 fully saturated rings. The van der Waals surface area contributed by atoms with Gasteiger partial charge in [-0.2, -0.15) is 0 Å². The van der Waals surface area contributed by atoms with Crippen LogP contribution in [-0.2, 0) is 6.42 Å². The number of hydrogen-bond donors (Lipinski definition) is 4. The van der Waals surface area contributed by atoms with Crippen molar-refractivity contribution < 1.29 is 5.21 Å². The average Bonchev–Trinajstić information content (AvgIpc) is 2.70. The smallest absolute Gasteiger partial charge is 0.290 e. The third-order valence-corrected chi connectivity index (χ3v) is 5.09. The zero-order valence-corrected chi connectivity index (χ0v) is 16.3. The van der Waals surface area contributed by atoms with Gasteiger partial charge < -0.3 is 0 Å². The fourth-order valence-electron chi connectivity index (χ4n) is 2.95. The summed E-state index contributed by atoms with van der Waals surface area (Å²) in [6.07, 6.45) is 1.81. The molecule has 7 nitrogen and oxygen atoms in total. The van der Waals surface area contributed by atoms with Crippen molar-refractivity contribution in [3.8, 4) is 16.9 Å². The third kappa shape index (κ3) is 3.92. The molecule has 0 unspecified atom stereocenters. The van der Waals surface area contributed by atoms with Gasteiger partial charge in [0.2, 0.25) is 0 Å². The lowest BCUT2D eigenvalue weighted by Gasteiger charge is -2.17. The van der Waals surface area contributed by atoms with Crippen LogP contribution in [0.3, 0.4) is 0 Å². The van der Waals surface area contributed by atoms with E-state index in [-0.39, 0.29) is 17.8 Å². The van der Waals surface area contributed by atoms with Crippen molar-refractivity contribution in [1.82, 2.24) is 15.0 Å². The largest absolute Gasteiger partial charge is 0.333 e. The molecule has 0 amide bonds. The molecule has 0 aliphatic heterocycles. The quantitative estimate of drug-likeness (QED) is 0.229. The minimum absolute atomic E-state index is 0.155. The number of aromatic amines is 1. The summed E-state index contributed by atoms with van der Waals surface area (Å²) in [5.41, 5.74) is 3.52. The SMILES string of the molecule is CSc1ccc(-n2c(-c3ccc(C)cc3)c(CC(=N)NO)c(=O)[nH]c2=O)cc1. The molecule has 4 N–H and O–H groups in total. The van der Waals surface area contributed by atoms with Gasteiger partial charge in [-0.25, -0.2) is 4.79 Å². The minimum Gasteiger partial charge on any atom is -0.290 e. The van der Waals surface area contributed by atoms with Crippen molar-refractivity contribution >= 4 is 17.6 Å². The molecule has 0 saturated heterocycles. The Bertz CT molecular complexity index is 1120. The Kier molecular flexibility index (Phi) is 5.81. The Morgan fingerprint density at radius 1 is 1.14 bits per heavy atom. The summed E-state index contributed by atoms with van der Waals surface area (Å²) < 4.78 is 1.43. The number of rotatable bonds is 5. The Balaban J connectivity index is 2.34. The summed E-state index contributed by atoms with van der Waals surface area (Å²) in [5.74, 6) is -0.248. The predicted molar refractivity (Wildman–Crippen MR) is 111 cm³/mol. The van der Waals surface area contributed by atoms with Crippen LogP contribution in [0.4, 0.5) is 0 Å². The molecular formula is C20H20N4O3S. The van der Waals surface area contributed by atoms with Gasteiger partial charge in [-0.1, -0.05) is 29.8 Å². The first kappa shape index (κ1) is 19.7. The monoisotopic (exact) mass is 396 g/mol. The van der Waals surface area contributed by atoms with E-state index in [1.54, 1.807) is 17.2 Å². The standard InChI is InChI=1S/C20H20N4O3S/c1-12-3-5-13(6-4-12)18-16(11-17(21)23-27)19(25)22-20(26)24(18)14-7-9-15(28-2)10-8-14/h3-10,27H,11H2,1-2H3,(H2,21,23)(H,22,25,26). The van der Waals surface area contributed by atoms with Crippen LogP contribution >= 0.6 is 11.8 Å². The Hall–Kier alpha value is -3.10. The lowest BCUT2D eigenvalue weighted by Crippen LogP contribution is -2.35. The van der Waals surface area contributed by atoms with E-state index in [4.69, 9.17) is 10.6 Å². The van der Waals surface area contributed by atoms with E-state index >= 15 is 0 Å². The second-order valence-electron chi connectivity index (χ2n) is 6.25. The third-order valence-electron chi connectivity index (χ3n) is 4.35. The van der Waals surface area contributed by atoms with Crippen LogP contribution in [0.5, 0.6) is 0 Å². The fraction of sp³-hybridized carbons (Fsp3) is 0.150. The van der Waals surface area contributed by atoms with E-state index in [0.29, 0.717) is 16.9 Å². The number of hydrogen-bond acceptors (Lipinski definition) is 5. The highest BCUT2D eigenvalue weighted by Gasteiger charge is 2.19. The number of aryl methyl sites for hydroxylation is 1. The van der Waals surface area contributed by atoms with Gasteiger partial charge in [0.15, 0.2) is 0 Å². The van der Waals surface area contributed by atoms with E-state index in [1.807, 2.05) is 61.7 Å². The molecule has 3 rings (SSSR count). The number of nitrogens with one attached hydrogen (secondary N) is 3. The molecule has 0 atom stereocenters. The maximum atomic E-state index is 12.7. The molecule has 0 saturated carbocycles. The number of thioether (sulfide) groups is 1. The Morgan fingerprint density at radius 2 is 1.79 bits per heavy atom. The summed E-state index contributed by atoms with van der Waals surface area (Å²) in [7, 11) is 0. The second kappa shape index (κ2) is 8.28. The predicted octanol–water partition coefficient (Wildman–Crippen LogP) is 2.72. The number of hydroxylamine groups is 1. The molecule has 0 aliphatic rings. The lowest BCUT2D eigenvalue weighted by atomic mass is 10.0. The van der Waals surface area contributed by atoms with Gasteiger partial charge in [-0.15, -0.1) is 11.8 Å². The maximum absolute atomic E-state index is 12.7. The van der Waals surface area contributed by atoms with Gasteiger partial charge in [0, 0.05) is 16.9 Å². The number of amidine groups is 1. The van der Waals surface area contributed by atoms with Crippen LogP contribution in [0.15, 0.2) is 63.0 Å². The number of H-pyrrole nitrogens is 1. The first-order valence-corrected chi connectivity index (χ1v) is 9.74. The summed E-state index contributed by atoms with van der Waals surface area (Å²) in [6, 6.07) is 14.8. The zero-order chi connectivity index (χ0) is 20.3. The number of nitrogens with zero attached hydrogens (tertiary/aromatic N) is 1. The van der Waals surface area contributed by atoms with Crippen LogP contribution in [0.2, 0.25) is 0 Å². The number of benzene rings is 2. The lowest BCUT2D eigenvalue weighted by molar-refractivity contribution is 0.231. The molecule has 1 heterocycles. The van der Waals surface area contributed by atoms with E-state index in [1.165, 1.54) is 4.57 Å². The number of aromatic nitrogens is 2. The Labute approximate surface area is 165 Å². The van der Waals surface area contributed by atoms with Crippen molar-refractivity contribution in [2.75, 3.05) is 6.26 Å². The molecule has 28 heavy (non-hydrogen) atoms. The normalized spacial score (nSPS) is 10.7. The first-order chi connectivity index (χ1) is 13.4.